The van der Waals surface area contributed by atoms with E-state index in [1.807, 2.05) is 18.2 Å². The molecule has 0 fully saturated rings. The zero-order valence-electron chi connectivity index (χ0n) is 10.8. The first kappa shape index (κ1) is 15.4. The Morgan fingerprint density at radius 3 is 2.67 bits per heavy atom. The van der Waals surface area contributed by atoms with Crippen LogP contribution in [0, 0.1) is 5.41 Å². The van der Waals surface area contributed by atoms with E-state index in [-0.39, 0.29) is 12.4 Å². The highest BCUT2D eigenvalue weighted by atomic mass is 32.2. The van der Waals surface area contributed by atoms with Gasteiger partial charge in [0.1, 0.15) is 5.84 Å². The van der Waals surface area contributed by atoms with Gasteiger partial charge in [-0.3, -0.25) is 5.41 Å². The number of nitrogens with one attached hydrogen (secondary N) is 1. The summed E-state index contributed by atoms with van der Waals surface area (Å²) in [6.07, 6.45) is 0.743. The summed E-state index contributed by atoms with van der Waals surface area (Å²) in [5.74, 6) is 1.07. The van der Waals surface area contributed by atoms with Crippen LogP contribution in [-0.2, 0) is 0 Å². The molecule has 1 aromatic carbocycles. The van der Waals surface area contributed by atoms with E-state index < -0.39 is 0 Å². The highest BCUT2D eigenvalue weighted by Crippen LogP contribution is 2.33. The number of thioether (sulfide) groups is 2. The van der Waals surface area contributed by atoms with Crippen molar-refractivity contribution in [2.45, 2.75) is 35.3 Å². The van der Waals surface area contributed by atoms with Crippen molar-refractivity contribution in [1.82, 2.24) is 0 Å². The summed E-state index contributed by atoms with van der Waals surface area (Å²) in [5, 5.41) is 17.0. The second kappa shape index (κ2) is 7.71. The van der Waals surface area contributed by atoms with E-state index in [2.05, 4.69) is 13.8 Å². The predicted molar refractivity (Wildman–Crippen MR) is 80.9 cm³/mol. The molecule has 1 atom stereocenters. The van der Waals surface area contributed by atoms with E-state index in [1.54, 1.807) is 23.5 Å². The quantitative estimate of drug-likeness (QED) is 0.409. The number of amidine groups is 1. The van der Waals surface area contributed by atoms with Crippen LogP contribution in [-0.4, -0.2) is 28.6 Å². The molecule has 0 saturated heterocycles. The zero-order chi connectivity index (χ0) is 13.5. The average Bonchev–Trinajstić information content (AvgIpc) is 2.29. The molecule has 4 N–H and O–H groups in total. The van der Waals surface area contributed by atoms with Crippen LogP contribution < -0.4 is 5.73 Å². The highest BCUT2D eigenvalue weighted by Gasteiger charge is 2.14. The van der Waals surface area contributed by atoms with Crippen LogP contribution in [0.4, 0.5) is 0 Å². The predicted octanol–water partition coefficient (Wildman–Crippen LogP) is 2.95. The number of nitrogens with two attached hydrogens (primary N) is 1. The normalized spacial score (nSPS) is 12.4. The van der Waals surface area contributed by atoms with Crippen molar-refractivity contribution >= 4 is 29.4 Å². The maximum absolute atomic E-state index is 8.95. The van der Waals surface area contributed by atoms with Crippen LogP contribution in [0.1, 0.15) is 25.8 Å². The number of benzene rings is 1. The van der Waals surface area contributed by atoms with E-state index in [0.717, 1.165) is 27.5 Å². The van der Waals surface area contributed by atoms with Gasteiger partial charge in [0.2, 0.25) is 0 Å². The Labute approximate surface area is 117 Å². The first-order valence-corrected chi connectivity index (χ1v) is 7.84. The molecule has 0 radical (unpaired) electrons. The Kier molecular flexibility index (Phi) is 6.60. The smallest absolute Gasteiger partial charge is 0.125 e. The van der Waals surface area contributed by atoms with Crippen molar-refractivity contribution in [2.75, 3.05) is 12.4 Å². The van der Waals surface area contributed by atoms with Crippen molar-refractivity contribution in [1.29, 1.82) is 5.41 Å². The largest absolute Gasteiger partial charge is 0.396 e. The van der Waals surface area contributed by atoms with Crippen molar-refractivity contribution < 1.29 is 5.11 Å². The number of aliphatic hydroxyl groups excluding tert-OH is 1. The molecule has 3 nitrogen and oxygen atoms in total. The molecule has 18 heavy (non-hydrogen) atoms. The average molecular weight is 284 g/mol. The Morgan fingerprint density at radius 2 is 2.11 bits per heavy atom. The Hall–Kier alpha value is -0.650. The van der Waals surface area contributed by atoms with Crippen LogP contribution in [0.15, 0.2) is 28.0 Å². The molecule has 0 spiro atoms. The molecule has 0 aliphatic carbocycles. The highest BCUT2D eigenvalue weighted by molar-refractivity contribution is 8.00. The van der Waals surface area contributed by atoms with E-state index in [4.69, 9.17) is 16.2 Å². The lowest BCUT2D eigenvalue weighted by Crippen LogP contribution is -2.14. The van der Waals surface area contributed by atoms with Gasteiger partial charge in [0.05, 0.1) is 0 Å². The van der Waals surface area contributed by atoms with E-state index in [0.29, 0.717) is 5.25 Å². The molecule has 0 aliphatic heterocycles. The molecule has 0 aliphatic rings. The summed E-state index contributed by atoms with van der Waals surface area (Å²) in [6.45, 7) is 4.35. The van der Waals surface area contributed by atoms with Gasteiger partial charge in [-0.1, -0.05) is 19.9 Å². The van der Waals surface area contributed by atoms with Gasteiger partial charge in [0.25, 0.3) is 0 Å². The standard InChI is InChI=1S/C13H20N2OS2/c1-3-17-10-5-4-6-11(12(10)13(14)15)18-9(2)7-8-16/h4-6,9,16H,3,7-8H2,1-2H3,(H3,14,15). The fourth-order valence-electron chi connectivity index (χ4n) is 1.61. The van der Waals surface area contributed by atoms with E-state index >= 15 is 0 Å². The maximum atomic E-state index is 8.95. The molecule has 1 unspecified atom stereocenters. The first-order valence-electron chi connectivity index (χ1n) is 5.97. The number of rotatable bonds is 7. The summed E-state index contributed by atoms with van der Waals surface area (Å²) in [4.78, 5) is 2.09. The van der Waals surface area contributed by atoms with Gasteiger partial charge in [-0.25, -0.2) is 0 Å². The summed E-state index contributed by atoms with van der Waals surface area (Å²) in [7, 11) is 0. The SMILES string of the molecule is CCSc1cccc(SC(C)CCO)c1C(=N)N. The van der Waals surface area contributed by atoms with Crippen LogP contribution in [0.3, 0.4) is 0 Å². The van der Waals surface area contributed by atoms with Crippen LogP contribution in [0.25, 0.3) is 0 Å². The van der Waals surface area contributed by atoms with Gasteiger partial charge in [-0.05, 0) is 24.3 Å². The Balaban J connectivity index is 3.02. The maximum Gasteiger partial charge on any atom is 0.125 e. The van der Waals surface area contributed by atoms with Crippen molar-refractivity contribution in [2.24, 2.45) is 5.73 Å². The van der Waals surface area contributed by atoms with Crippen LogP contribution in [0.2, 0.25) is 0 Å². The number of nitrogen functional groups attached to an aromatic ring is 1. The summed E-state index contributed by atoms with van der Waals surface area (Å²) < 4.78 is 0. The lowest BCUT2D eigenvalue weighted by molar-refractivity contribution is 0.289. The number of aliphatic hydroxyl groups is 1. The van der Waals surface area contributed by atoms with Crippen molar-refractivity contribution in [3.63, 3.8) is 0 Å². The fourth-order valence-corrected chi connectivity index (χ4v) is 3.67. The summed E-state index contributed by atoms with van der Waals surface area (Å²) in [5.41, 5.74) is 6.54. The molecule has 0 bridgehead atoms. The second-order valence-corrected chi connectivity index (χ2v) is 6.70. The number of hydrogen-bond donors (Lipinski definition) is 3. The van der Waals surface area contributed by atoms with E-state index in [1.165, 1.54) is 0 Å². The molecule has 0 amide bonds. The fraction of sp³-hybridized carbons (Fsp3) is 0.462. The zero-order valence-corrected chi connectivity index (χ0v) is 12.4. The minimum atomic E-state index is 0.116. The topological polar surface area (TPSA) is 70.1 Å². The molecule has 1 aromatic rings. The first-order chi connectivity index (χ1) is 8.60. The van der Waals surface area contributed by atoms with Crippen molar-refractivity contribution in [3.05, 3.63) is 23.8 Å². The van der Waals surface area contributed by atoms with Gasteiger partial charge < -0.3 is 10.8 Å². The van der Waals surface area contributed by atoms with Crippen molar-refractivity contribution in [3.8, 4) is 0 Å². The van der Waals surface area contributed by atoms with Gasteiger partial charge >= 0.3 is 0 Å². The van der Waals surface area contributed by atoms with Gasteiger partial charge in [0, 0.05) is 27.2 Å². The lowest BCUT2D eigenvalue weighted by atomic mass is 10.2. The molecule has 100 valence electrons. The van der Waals surface area contributed by atoms with Gasteiger partial charge in [0.15, 0.2) is 0 Å². The number of hydrogen-bond acceptors (Lipinski definition) is 4. The van der Waals surface area contributed by atoms with Crippen LogP contribution >= 0.6 is 23.5 Å². The second-order valence-electron chi connectivity index (χ2n) is 3.92. The Morgan fingerprint density at radius 1 is 1.44 bits per heavy atom. The lowest BCUT2D eigenvalue weighted by Gasteiger charge is -2.15. The third kappa shape index (κ3) is 4.23. The van der Waals surface area contributed by atoms with Gasteiger partial charge in [-0.2, -0.15) is 0 Å². The Bertz CT molecular complexity index is 410. The molecule has 0 saturated carbocycles. The van der Waals surface area contributed by atoms with Crippen LogP contribution in [0.5, 0.6) is 0 Å². The minimum Gasteiger partial charge on any atom is -0.396 e. The third-order valence-electron chi connectivity index (χ3n) is 2.42. The third-order valence-corrected chi connectivity index (χ3v) is 4.59. The molecule has 1 rings (SSSR count). The van der Waals surface area contributed by atoms with E-state index in [9.17, 15) is 0 Å². The molecule has 0 heterocycles. The summed E-state index contributed by atoms with van der Waals surface area (Å²) in [6, 6.07) is 6.00. The molecular weight excluding hydrogens is 264 g/mol. The molecular formula is C13H20N2OS2. The summed E-state index contributed by atoms with van der Waals surface area (Å²) >= 11 is 3.37. The molecule has 5 heteroatoms. The monoisotopic (exact) mass is 284 g/mol. The molecule has 0 aromatic heterocycles. The van der Waals surface area contributed by atoms with Gasteiger partial charge in [-0.15, -0.1) is 23.5 Å². The minimum absolute atomic E-state index is 0.116.